The molecule has 3 aromatic rings. The van der Waals surface area contributed by atoms with Crippen LogP contribution in [-0.4, -0.2) is 17.0 Å². The van der Waals surface area contributed by atoms with E-state index in [1.54, 1.807) is 0 Å². The Labute approximate surface area is 143 Å². The molecule has 1 N–H and O–H groups in total. The summed E-state index contributed by atoms with van der Waals surface area (Å²) in [6, 6.07) is 11.6. The third kappa shape index (κ3) is 2.23. The van der Waals surface area contributed by atoms with Crippen molar-refractivity contribution in [2.24, 2.45) is 0 Å². The number of nitrogens with zero attached hydrogens (tertiary/aromatic N) is 1. The Balaban J connectivity index is 2.13. The molecule has 2 aromatic carbocycles. The van der Waals surface area contributed by atoms with E-state index in [9.17, 15) is 4.79 Å². The first-order chi connectivity index (χ1) is 11.1. The molecule has 116 valence electrons. The topological polar surface area (TPSA) is 34.0 Å². The molecule has 0 unspecified atom stereocenters. The van der Waals surface area contributed by atoms with Crippen molar-refractivity contribution in [1.29, 1.82) is 0 Å². The van der Waals surface area contributed by atoms with Crippen LogP contribution in [-0.2, 0) is 6.54 Å². The van der Waals surface area contributed by atoms with E-state index in [-0.39, 0.29) is 5.91 Å². The lowest BCUT2D eigenvalue weighted by Crippen LogP contribution is -2.35. The number of aryl methyl sites for hydroxylation is 1. The van der Waals surface area contributed by atoms with Crippen LogP contribution < -0.4 is 5.32 Å². The van der Waals surface area contributed by atoms with E-state index in [2.05, 4.69) is 9.88 Å². The molecule has 5 heteroatoms. The van der Waals surface area contributed by atoms with Gasteiger partial charge in [-0.15, -0.1) is 0 Å². The Morgan fingerprint density at radius 1 is 1.13 bits per heavy atom. The Morgan fingerprint density at radius 2 is 1.96 bits per heavy atom. The number of aromatic nitrogens is 1. The van der Waals surface area contributed by atoms with Gasteiger partial charge in [-0.3, -0.25) is 4.79 Å². The molecule has 1 aromatic heterocycles. The highest BCUT2D eigenvalue weighted by Crippen LogP contribution is 2.37. The van der Waals surface area contributed by atoms with Crippen LogP contribution in [0.2, 0.25) is 10.0 Å². The standard InChI is InChI=1S/C18H14Cl2N2O/c1-10-14-8-13(20)9-15(11-3-2-4-12(19)7-11)17(14)22-6-5-21-18(23)16(10)22/h2-4,7-9H,5-6H2,1H3,(H,21,23). The summed E-state index contributed by atoms with van der Waals surface area (Å²) in [5.74, 6) is -0.0295. The Hall–Kier alpha value is -1.97. The summed E-state index contributed by atoms with van der Waals surface area (Å²) in [7, 11) is 0. The first kappa shape index (κ1) is 14.6. The normalized spacial score (nSPS) is 14.0. The van der Waals surface area contributed by atoms with Crippen LogP contribution >= 0.6 is 23.2 Å². The molecule has 0 saturated carbocycles. The molecule has 1 amide bonds. The number of amides is 1. The van der Waals surface area contributed by atoms with E-state index in [0.29, 0.717) is 16.6 Å². The van der Waals surface area contributed by atoms with Crippen LogP contribution in [0.4, 0.5) is 0 Å². The number of benzene rings is 2. The van der Waals surface area contributed by atoms with E-state index in [1.807, 2.05) is 43.3 Å². The van der Waals surface area contributed by atoms with Crippen molar-refractivity contribution in [3.8, 4) is 11.1 Å². The van der Waals surface area contributed by atoms with E-state index in [0.717, 1.165) is 39.8 Å². The zero-order valence-electron chi connectivity index (χ0n) is 12.5. The quantitative estimate of drug-likeness (QED) is 0.683. The lowest BCUT2D eigenvalue weighted by molar-refractivity contribution is 0.0928. The van der Waals surface area contributed by atoms with Crippen LogP contribution in [0.3, 0.4) is 0 Å². The van der Waals surface area contributed by atoms with Crippen LogP contribution in [0.5, 0.6) is 0 Å². The smallest absolute Gasteiger partial charge is 0.268 e. The lowest BCUT2D eigenvalue weighted by atomic mass is 10.0. The Kier molecular flexibility index (Phi) is 3.36. The van der Waals surface area contributed by atoms with Crippen LogP contribution in [0.1, 0.15) is 16.1 Å². The molecule has 0 radical (unpaired) electrons. The van der Waals surface area contributed by atoms with Gasteiger partial charge in [0.15, 0.2) is 0 Å². The first-order valence-corrected chi connectivity index (χ1v) is 8.18. The highest BCUT2D eigenvalue weighted by Gasteiger charge is 2.25. The number of rotatable bonds is 1. The number of carbonyl (C=O) groups excluding carboxylic acids is 1. The van der Waals surface area contributed by atoms with E-state index in [4.69, 9.17) is 23.2 Å². The fourth-order valence-corrected chi connectivity index (χ4v) is 3.78. The lowest BCUT2D eigenvalue weighted by Gasteiger charge is -2.18. The van der Waals surface area contributed by atoms with Gasteiger partial charge in [0.2, 0.25) is 0 Å². The summed E-state index contributed by atoms with van der Waals surface area (Å²) in [5, 5.41) is 5.25. The van der Waals surface area contributed by atoms with Gasteiger partial charge in [-0.05, 0) is 42.3 Å². The number of carbonyl (C=O) groups is 1. The fourth-order valence-electron chi connectivity index (χ4n) is 3.38. The fraction of sp³-hybridized carbons (Fsp3) is 0.167. The predicted octanol–water partition coefficient (Wildman–Crippen LogP) is 4.67. The first-order valence-electron chi connectivity index (χ1n) is 7.43. The minimum atomic E-state index is -0.0295. The van der Waals surface area contributed by atoms with Crippen molar-refractivity contribution in [2.75, 3.05) is 6.54 Å². The largest absolute Gasteiger partial charge is 0.349 e. The van der Waals surface area contributed by atoms with Crippen LogP contribution in [0.15, 0.2) is 36.4 Å². The molecule has 1 aliphatic rings. The average molecular weight is 345 g/mol. The minimum Gasteiger partial charge on any atom is -0.349 e. The van der Waals surface area contributed by atoms with Crippen molar-refractivity contribution in [1.82, 2.24) is 9.88 Å². The minimum absolute atomic E-state index is 0.0295. The van der Waals surface area contributed by atoms with E-state index in [1.165, 1.54) is 0 Å². The highest BCUT2D eigenvalue weighted by atomic mass is 35.5. The van der Waals surface area contributed by atoms with Gasteiger partial charge in [0.25, 0.3) is 5.91 Å². The average Bonchev–Trinajstić information content (AvgIpc) is 2.81. The molecule has 1 aliphatic heterocycles. The van der Waals surface area contributed by atoms with Crippen molar-refractivity contribution in [3.05, 3.63) is 57.7 Å². The summed E-state index contributed by atoms with van der Waals surface area (Å²) in [6.45, 7) is 3.35. The molecule has 23 heavy (non-hydrogen) atoms. The highest BCUT2D eigenvalue weighted by molar-refractivity contribution is 6.32. The molecular formula is C18H14Cl2N2O. The summed E-state index contributed by atoms with van der Waals surface area (Å²) in [4.78, 5) is 12.3. The molecule has 4 rings (SSSR count). The SMILES string of the molecule is Cc1c2n(c3c(-c4cccc(Cl)c4)cc(Cl)cc13)CCNC2=O. The number of hydrogen-bond donors (Lipinski definition) is 1. The molecule has 0 spiro atoms. The summed E-state index contributed by atoms with van der Waals surface area (Å²) >= 11 is 12.5. The number of fused-ring (bicyclic) bond motifs is 3. The maximum atomic E-state index is 12.3. The third-order valence-corrected chi connectivity index (χ3v) is 4.80. The molecular weight excluding hydrogens is 331 g/mol. The summed E-state index contributed by atoms with van der Waals surface area (Å²) in [6.07, 6.45) is 0. The van der Waals surface area contributed by atoms with Crippen molar-refractivity contribution < 1.29 is 4.79 Å². The van der Waals surface area contributed by atoms with Gasteiger partial charge in [0.1, 0.15) is 5.69 Å². The van der Waals surface area contributed by atoms with Gasteiger partial charge in [0.05, 0.1) is 5.52 Å². The monoisotopic (exact) mass is 344 g/mol. The third-order valence-electron chi connectivity index (χ3n) is 4.35. The second kappa shape index (κ2) is 5.29. The molecule has 0 bridgehead atoms. The van der Waals surface area contributed by atoms with Crippen molar-refractivity contribution in [3.63, 3.8) is 0 Å². The van der Waals surface area contributed by atoms with Crippen molar-refractivity contribution >= 4 is 40.0 Å². The Bertz CT molecular complexity index is 959. The molecule has 3 nitrogen and oxygen atoms in total. The van der Waals surface area contributed by atoms with E-state index >= 15 is 0 Å². The van der Waals surface area contributed by atoms with Crippen LogP contribution in [0, 0.1) is 6.92 Å². The number of nitrogens with one attached hydrogen (secondary N) is 1. The molecule has 0 aliphatic carbocycles. The zero-order valence-corrected chi connectivity index (χ0v) is 14.0. The van der Waals surface area contributed by atoms with Gasteiger partial charge in [-0.1, -0.05) is 35.3 Å². The van der Waals surface area contributed by atoms with Crippen LogP contribution in [0.25, 0.3) is 22.0 Å². The summed E-state index contributed by atoms with van der Waals surface area (Å²) in [5.41, 5.74) is 4.72. The molecule has 2 heterocycles. The molecule has 0 saturated heterocycles. The number of hydrogen-bond acceptors (Lipinski definition) is 1. The summed E-state index contributed by atoms with van der Waals surface area (Å²) < 4.78 is 2.09. The predicted molar refractivity (Wildman–Crippen MR) is 94.5 cm³/mol. The number of halogens is 2. The second-order valence-electron chi connectivity index (χ2n) is 5.74. The second-order valence-corrected chi connectivity index (χ2v) is 6.61. The maximum absolute atomic E-state index is 12.3. The van der Waals surface area contributed by atoms with Crippen molar-refractivity contribution in [2.45, 2.75) is 13.5 Å². The van der Waals surface area contributed by atoms with E-state index < -0.39 is 0 Å². The van der Waals surface area contributed by atoms with Gasteiger partial charge < -0.3 is 9.88 Å². The molecule has 0 atom stereocenters. The molecule has 0 fully saturated rings. The zero-order chi connectivity index (χ0) is 16.1. The Morgan fingerprint density at radius 3 is 2.74 bits per heavy atom. The van der Waals surface area contributed by atoms with Gasteiger partial charge in [-0.2, -0.15) is 0 Å². The maximum Gasteiger partial charge on any atom is 0.268 e. The van der Waals surface area contributed by atoms with Gasteiger partial charge in [-0.25, -0.2) is 0 Å². The van der Waals surface area contributed by atoms with Gasteiger partial charge in [0, 0.05) is 34.1 Å². The van der Waals surface area contributed by atoms with Gasteiger partial charge >= 0.3 is 0 Å².